The lowest BCUT2D eigenvalue weighted by atomic mass is 9.93. The molecule has 3 N–H and O–H groups in total. The van der Waals surface area contributed by atoms with Gasteiger partial charge in [0.2, 0.25) is 5.95 Å². The molecule has 1 heterocycles. The van der Waals surface area contributed by atoms with Crippen LogP contribution in [-0.4, -0.2) is 9.55 Å². The summed E-state index contributed by atoms with van der Waals surface area (Å²) in [6.07, 6.45) is 3.43. The zero-order valence-electron chi connectivity index (χ0n) is 8.78. The lowest BCUT2D eigenvalue weighted by Crippen LogP contribution is -2.21. The lowest BCUT2D eigenvalue weighted by Gasteiger charge is -2.28. The zero-order chi connectivity index (χ0) is 11.1. The fourth-order valence-corrected chi connectivity index (χ4v) is 2.18. The molecular formula is C11H13FN4. The second kappa shape index (κ2) is 3.45. The molecule has 0 aliphatic heterocycles. The molecule has 2 aromatic rings. The summed E-state index contributed by atoms with van der Waals surface area (Å²) in [5.74, 6) is 5.82. The van der Waals surface area contributed by atoms with E-state index < -0.39 is 0 Å². The molecule has 84 valence electrons. The normalized spacial score (nSPS) is 16.4. The Morgan fingerprint density at radius 3 is 2.88 bits per heavy atom. The van der Waals surface area contributed by atoms with Gasteiger partial charge in [-0.05, 0) is 37.5 Å². The zero-order valence-corrected chi connectivity index (χ0v) is 8.78. The first-order chi connectivity index (χ1) is 7.79. The average Bonchev–Trinajstić information content (AvgIpc) is 2.55. The minimum absolute atomic E-state index is 0.239. The maximum absolute atomic E-state index is 13.2. The number of anilines is 1. The van der Waals surface area contributed by atoms with Crippen LogP contribution in [-0.2, 0) is 0 Å². The van der Waals surface area contributed by atoms with Crippen LogP contribution in [0.15, 0.2) is 18.2 Å². The highest BCUT2D eigenvalue weighted by molar-refractivity contribution is 5.79. The fourth-order valence-electron chi connectivity index (χ4n) is 2.18. The number of aromatic nitrogens is 2. The first kappa shape index (κ1) is 9.59. The number of hydrogen-bond donors (Lipinski definition) is 2. The highest BCUT2D eigenvalue weighted by Crippen LogP contribution is 2.36. The first-order valence-electron chi connectivity index (χ1n) is 5.43. The summed E-state index contributed by atoms with van der Waals surface area (Å²) in [4.78, 5) is 4.34. The van der Waals surface area contributed by atoms with Crippen molar-refractivity contribution < 1.29 is 4.39 Å². The largest absolute Gasteiger partial charge is 0.306 e. The van der Waals surface area contributed by atoms with Crippen molar-refractivity contribution >= 4 is 17.0 Å². The molecule has 0 radical (unpaired) electrons. The van der Waals surface area contributed by atoms with Gasteiger partial charge in [0.25, 0.3) is 0 Å². The number of imidazole rings is 1. The van der Waals surface area contributed by atoms with Crippen molar-refractivity contribution in [2.45, 2.75) is 25.3 Å². The molecule has 0 bridgehead atoms. The maximum atomic E-state index is 13.2. The third-order valence-corrected chi connectivity index (χ3v) is 3.22. The van der Waals surface area contributed by atoms with Crippen molar-refractivity contribution in [1.82, 2.24) is 9.55 Å². The minimum Gasteiger partial charge on any atom is -0.306 e. The number of nitrogen functional groups attached to an aromatic ring is 1. The van der Waals surface area contributed by atoms with E-state index in [0.717, 1.165) is 23.9 Å². The van der Waals surface area contributed by atoms with Crippen LogP contribution in [0.5, 0.6) is 0 Å². The van der Waals surface area contributed by atoms with Crippen molar-refractivity contribution in [2.75, 3.05) is 5.43 Å². The molecular weight excluding hydrogens is 207 g/mol. The lowest BCUT2D eigenvalue weighted by molar-refractivity contribution is 0.323. The van der Waals surface area contributed by atoms with Crippen LogP contribution >= 0.6 is 0 Å². The summed E-state index contributed by atoms with van der Waals surface area (Å²) in [6, 6.07) is 5.01. The van der Waals surface area contributed by atoms with Crippen molar-refractivity contribution in [3.05, 3.63) is 24.0 Å². The number of hydrazine groups is 1. The molecule has 0 saturated heterocycles. The molecule has 5 heteroatoms. The molecule has 1 fully saturated rings. The molecule has 1 aromatic carbocycles. The summed E-state index contributed by atoms with van der Waals surface area (Å²) in [6.45, 7) is 0. The molecule has 3 rings (SSSR count). The highest BCUT2D eigenvalue weighted by atomic mass is 19.1. The molecule has 1 aromatic heterocycles. The number of hydrogen-bond acceptors (Lipinski definition) is 3. The smallest absolute Gasteiger partial charge is 0.218 e. The highest BCUT2D eigenvalue weighted by Gasteiger charge is 2.24. The van der Waals surface area contributed by atoms with Crippen molar-refractivity contribution in [3.8, 4) is 0 Å². The van der Waals surface area contributed by atoms with Gasteiger partial charge in [-0.1, -0.05) is 0 Å². The van der Waals surface area contributed by atoms with Gasteiger partial charge in [0.1, 0.15) is 5.82 Å². The average molecular weight is 220 g/mol. The number of nitrogens with zero attached hydrogens (tertiary/aromatic N) is 2. The molecule has 1 aliphatic rings. The number of nitrogens with one attached hydrogen (secondary N) is 1. The minimum atomic E-state index is -0.239. The van der Waals surface area contributed by atoms with Crippen LogP contribution < -0.4 is 11.3 Å². The Labute approximate surface area is 92.2 Å². The topological polar surface area (TPSA) is 55.9 Å². The molecule has 1 aliphatic carbocycles. The summed E-state index contributed by atoms with van der Waals surface area (Å²) in [5, 5.41) is 0. The van der Waals surface area contributed by atoms with Gasteiger partial charge in [0.05, 0.1) is 11.0 Å². The summed E-state index contributed by atoms with van der Waals surface area (Å²) in [7, 11) is 0. The third-order valence-electron chi connectivity index (χ3n) is 3.22. The molecule has 0 atom stereocenters. The predicted molar refractivity (Wildman–Crippen MR) is 60.4 cm³/mol. The Kier molecular flexibility index (Phi) is 2.07. The monoisotopic (exact) mass is 220 g/mol. The molecule has 1 saturated carbocycles. The van der Waals surface area contributed by atoms with E-state index in [1.807, 2.05) is 4.57 Å². The number of rotatable bonds is 2. The summed E-state index contributed by atoms with van der Waals surface area (Å²) >= 11 is 0. The van der Waals surface area contributed by atoms with Crippen LogP contribution in [0.4, 0.5) is 10.3 Å². The van der Waals surface area contributed by atoms with Crippen molar-refractivity contribution in [3.63, 3.8) is 0 Å². The third kappa shape index (κ3) is 1.28. The SMILES string of the molecule is NNc1nc2ccc(F)cc2n1C1CCC1. The van der Waals surface area contributed by atoms with Crippen LogP contribution in [0.25, 0.3) is 11.0 Å². The molecule has 4 nitrogen and oxygen atoms in total. The number of nitrogens with two attached hydrogens (primary N) is 1. The van der Waals surface area contributed by atoms with Gasteiger partial charge in [-0.3, -0.25) is 5.43 Å². The van der Waals surface area contributed by atoms with Gasteiger partial charge in [-0.25, -0.2) is 15.2 Å². The molecule has 0 amide bonds. The van der Waals surface area contributed by atoms with Crippen LogP contribution in [0.2, 0.25) is 0 Å². The van der Waals surface area contributed by atoms with Gasteiger partial charge in [0.15, 0.2) is 0 Å². The Morgan fingerprint density at radius 2 is 2.25 bits per heavy atom. The second-order valence-electron chi connectivity index (χ2n) is 4.17. The fraction of sp³-hybridized carbons (Fsp3) is 0.364. The van der Waals surface area contributed by atoms with Crippen LogP contribution in [0.1, 0.15) is 25.3 Å². The van der Waals surface area contributed by atoms with Crippen molar-refractivity contribution in [1.29, 1.82) is 0 Å². The van der Waals surface area contributed by atoms with Gasteiger partial charge < -0.3 is 4.57 Å². The first-order valence-corrected chi connectivity index (χ1v) is 5.43. The summed E-state index contributed by atoms with van der Waals surface area (Å²) in [5.41, 5.74) is 4.18. The van der Waals surface area contributed by atoms with Crippen LogP contribution in [0, 0.1) is 5.82 Å². The second-order valence-corrected chi connectivity index (χ2v) is 4.17. The maximum Gasteiger partial charge on any atom is 0.218 e. The van der Waals surface area contributed by atoms with Gasteiger partial charge >= 0.3 is 0 Å². The van der Waals surface area contributed by atoms with E-state index in [4.69, 9.17) is 5.84 Å². The van der Waals surface area contributed by atoms with Crippen molar-refractivity contribution in [2.24, 2.45) is 5.84 Å². The summed E-state index contributed by atoms with van der Waals surface area (Å²) < 4.78 is 15.2. The van der Waals surface area contributed by atoms with E-state index in [2.05, 4.69) is 10.4 Å². The van der Waals surface area contributed by atoms with E-state index in [-0.39, 0.29) is 5.82 Å². The van der Waals surface area contributed by atoms with E-state index in [0.29, 0.717) is 12.0 Å². The Morgan fingerprint density at radius 1 is 1.44 bits per heavy atom. The van der Waals surface area contributed by atoms with E-state index in [9.17, 15) is 4.39 Å². The Balaban J connectivity index is 2.23. The van der Waals surface area contributed by atoms with E-state index >= 15 is 0 Å². The quantitative estimate of drug-likeness (QED) is 0.602. The Bertz CT molecular complexity index is 530. The number of halogens is 1. The molecule has 0 unspecified atom stereocenters. The number of benzene rings is 1. The van der Waals surface area contributed by atoms with E-state index in [1.165, 1.54) is 18.6 Å². The van der Waals surface area contributed by atoms with Gasteiger partial charge in [-0.15, -0.1) is 0 Å². The van der Waals surface area contributed by atoms with Gasteiger partial charge in [-0.2, -0.15) is 0 Å². The predicted octanol–water partition coefficient (Wildman–Crippen LogP) is 2.19. The number of fused-ring (bicyclic) bond motifs is 1. The molecule has 0 spiro atoms. The standard InChI is InChI=1S/C11H13FN4/c12-7-4-5-9-10(6-7)16(8-2-1-3-8)11(14-9)15-13/h4-6,8H,1-3,13H2,(H,14,15). The van der Waals surface area contributed by atoms with Gasteiger partial charge in [0, 0.05) is 6.04 Å². The van der Waals surface area contributed by atoms with E-state index in [1.54, 1.807) is 6.07 Å². The van der Waals surface area contributed by atoms with Crippen LogP contribution in [0.3, 0.4) is 0 Å². The molecule has 16 heavy (non-hydrogen) atoms. The Hall–Kier alpha value is -1.62.